The summed E-state index contributed by atoms with van der Waals surface area (Å²) in [6, 6.07) is 0. The Bertz CT molecular complexity index is 408. The molecule has 23 heavy (non-hydrogen) atoms. The molecular weight excluding hydrogens is 278 g/mol. The minimum Gasteiger partial charge on any atom is -0.316 e. The molecule has 1 nitrogen and oxygen atoms in total. The highest BCUT2D eigenvalue weighted by Crippen LogP contribution is 2.53. The maximum absolute atomic E-state index is 3.86. The van der Waals surface area contributed by atoms with Crippen LogP contribution in [0.1, 0.15) is 85.5 Å². The molecular formula is C22H39N. The molecule has 0 saturated heterocycles. The Morgan fingerprint density at radius 2 is 1.83 bits per heavy atom. The van der Waals surface area contributed by atoms with Gasteiger partial charge in [0.2, 0.25) is 0 Å². The van der Waals surface area contributed by atoms with E-state index in [9.17, 15) is 0 Å². The van der Waals surface area contributed by atoms with Gasteiger partial charge in [0.15, 0.2) is 0 Å². The topological polar surface area (TPSA) is 12.0 Å². The van der Waals surface area contributed by atoms with Gasteiger partial charge in [-0.3, -0.25) is 0 Å². The molecule has 0 amide bonds. The van der Waals surface area contributed by atoms with E-state index in [2.05, 4.69) is 45.2 Å². The zero-order valence-electron chi connectivity index (χ0n) is 16.1. The second-order valence-electron chi connectivity index (χ2n) is 7.87. The van der Waals surface area contributed by atoms with E-state index < -0.39 is 0 Å². The lowest BCUT2D eigenvalue weighted by atomic mass is 9.58. The number of hydrogen-bond donors (Lipinski definition) is 1. The first-order valence-electron chi connectivity index (χ1n) is 10.2. The summed E-state index contributed by atoms with van der Waals surface area (Å²) in [5, 5.41) is 3.86. The fraction of sp³-hybridized carbons (Fsp3) is 0.818. The predicted octanol–water partition coefficient (Wildman–Crippen LogP) is 6.27. The molecule has 1 aliphatic carbocycles. The largest absolute Gasteiger partial charge is 0.316 e. The molecule has 0 bridgehead atoms. The molecule has 1 aliphatic heterocycles. The van der Waals surface area contributed by atoms with Crippen LogP contribution in [0.15, 0.2) is 23.3 Å². The molecule has 1 N–H and O–H groups in total. The summed E-state index contributed by atoms with van der Waals surface area (Å²) < 4.78 is 0. The zero-order chi connectivity index (χ0) is 16.7. The smallest absolute Gasteiger partial charge is 0.00961 e. The molecule has 1 fully saturated rings. The van der Waals surface area contributed by atoms with E-state index in [4.69, 9.17) is 0 Å². The van der Waals surface area contributed by atoms with Gasteiger partial charge >= 0.3 is 0 Å². The molecule has 0 aromatic carbocycles. The van der Waals surface area contributed by atoms with E-state index in [0.717, 1.165) is 18.4 Å². The summed E-state index contributed by atoms with van der Waals surface area (Å²) >= 11 is 0. The molecule has 132 valence electrons. The summed E-state index contributed by atoms with van der Waals surface area (Å²) in [6.07, 6.45) is 17.1. The minimum absolute atomic E-state index is 0.411. The van der Waals surface area contributed by atoms with Crippen molar-refractivity contribution in [1.82, 2.24) is 5.32 Å². The quantitative estimate of drug-likeness (QED) is 0.584. The second kappa shape index (κ2) is 9.06. The third kappa shape index (κ3) is 3.92. The lowest BCUT2D eigenvalue weighted by molar-refractivity contribution is 0.0990. The van der Waals surface area contributed by atoms with E-state index in [0.29, 0.717) is 5.41 Å². The van der Waals surface area contributed by atoms with Crippen LogP contribution in [0.3, 0.4) is 0 Å². The Labute approximate surface area is 145 Å². The maximum Gasteiger partial charge on any atom is 0.00961 e. The molecule has 1 unspecified atom stereocenters. The number of nitrogens with one attached hydrogen (secondary N) is 1. The van der Waals surface area contributed by atoms with Gasteiger partial charge < -0.3 is 5.32 Å². The van der Waals surface area contributed by atoms with Crippen LogP contribution in [0.4, 0.5) is 0 Å². The Kier molecular flexibility index (Phi) is 7.40. The van der Waals surface area contributed by atoms with Crippen molar-refractivity contribution in [3.8, 4) is 0 Å². The van der Waals surface area contributed by atoms with Crippen LogP contribution >= 0.6 is 0 Å². The van der Waals surface area contributed by atoms with Crippen molar-refractivity contribution in [2.45, 2.75) is 85.5 Å². The Hall–Kier alpha value is -0.560. The second-order valence-corrected chi connectivity index (χ2v) is 7.87. The molecule has 0 radical (unpaired) electrons. The van der Waals surface area contributed by atoms with E-state index in [1.54, 1.807) is 11.1 Å². The van der Waals surface area contributed by atoms with Crippen LogP contribution in [-0.4, -0.2) is 13.1 Å². The molecule has 0 aromatic heterocycles. The summed E-state index contributed by atoms with van der Waals surface area (Å²) in [4.78, 5) is 0. The van der Waals surface area contributed by atoms with Crippen LogP contribution in [-0.2, 0) is 0 Å². The average Bonchev–Trinajstić information content (AvgIpc) is 3.03. The summed E-state index contributed by atoms with van der Waals surface area (Å²) in [5.41, 5.74) is 3.77. The van der Waals surface area contributed by atoms with Crippen LogP contribution in [0.5, 0.6) is 0 Å². The van der Waals surface area contributed by atoms with E-state index in [1.165, 1.54) is 64.3 Å². The van der Waals surface area contributed by atoms with Gasteiger partial charge in [-0.05, 0) is 69.9 Å². The first kappa shape index (κ1) is 18.8. The van der Waals surface area contributed by atoms with Gasteiger partial charge in [-0.15, -0.1) is 0 Å². The van der Waals surface area contributed by atoms with Crippen molar-refractivity contribution in [3.63, 3.8) is 0 Å². The number of hydrogen-bond acceptors (Lipinski definition) is 1. The Balaban J connectivity index is 2.51. The SMILES string of the molecule is C/C=C\C1=C(C)C(C(CCC)CCC)(C2CCCC2)CNCC1. The van der Waals surface area contributed by atoms with Crippen LogP contribution in [0, 0.1) is 17.3 Å². The van der Waals surface area contributed by atoms with Crippen molar-refractivity contribution in [2.75, 3.05) is 13.1 Å². The van der Waals surface area contributed by atoms with Crippen LogP contribution in [0.25, 0.3) is 0 Å². The monoisotopic (exact) mass is 317 g/mol. The van der Waals surface area contributed by atoms with Crippen molar-refractivity contribution >= 4 is 0 Å². The number of rotatable bonds is 7. The molecule has 2 rings (SSSR count). The van der Waals surface area contributed by atoms with Gasteiger partial charge in [-0.1, -0.05) is 57.3 Å². The summed E-state index contributed by atoms with van der Waals surface area (Å²) in [7, 11) is 0. The first-order valence-corrected chi connectivity index (χ1v) is 10.2. The van der Waals surface area contributed by atoms with Crippen molar-refractivity contribution in [2.24, 2.45) is 17.3 Å². The van der Waals surface area contributed by atoms with Crippen molar-refractivity contribution in [3.05, 3.63) is 23.3 Å². The highest BCUT2D eigenvalue weighted by molar-refractivity contribution is 5.33. The van der Waals surface area contributed by atoms with Gasteiger partial charge in [-0.2, -0.15) is 0 Å². The number of allylic oxidation sites excluding steroid dienone is 2. The van der Waals surface area contributed by atoms with Gasteiger partial charge in [0, 0.05) is 12.0 Å². The highest BCUT2D eigenvalue weighted by Gasteiger charge is 2.47. The Morgan fingerprint density at radius 1 is 1.17 bits per heavy atom. The van der Waals surface area contributed by atoms with Gasteiger partial charge in [0.25, 0.3) is 0 Å². The van der Waals surface area contributed by atoms with Crippen LogP contribution < -0.4 is 5.32 Å². The Morgan fingerprint density at radius 3 is 2.39 bits per heavy atom. The highest BCUT2D eigenvalue weighted by atomic mass is 14.9. The van der Waals surface area contributed by atoms with Gasteiger partial charge in [0.05, 0.1) is 0 Å². The zero-order valence-corrected chi connectivity index (χ0v) is 16.1. The fourth-order valence-electron chi connectivity index (χ4n) is 5.58. The molecule has 1 heterocycles. The summed E-state index contributed by atoms with van der Waals surface area (Å²) in [5.74, 6) is 1.75. The molecule has 1 atom stereocenters. The average molecular weight is 318 g/mol. The van der Waals surface area contributed by atoms with Crippen LogP contribution in [0.2, 0.25) is 0 Å². The molecule has 0 spiro atoms. The van der Waals surface area contributed by atoms with Crippen molar-refractivity contribution < 1.29 is 0 Å². The third-order valence-corrected chi connectivity index (χ3v) is 6.62. The molecule has 2 aliphatic rings. The van der Waals surface area contributed by atoms with Gasteiger partial charge in [0.1, 0.15) is 0 Å². The van der Waals surface area contributed by atoms with Gasteiger partial charge in [-0.25, -0.2) is 0 Å². The minimum atomic E-state index is 0.411. The maximum atomic E-state index is 3.86. The summed E-state index contributed by atoms with van der Waals surface area (Å²) in [6.45, 7) is 11.8. The van der Waals surface area contributed by atoms with E-state index in [-0.39, 0.29) is 0 Å². The fourth-order valence-corrected chi connectivity index (χ4v) is 5.58. The standard InChI is InChI=1S/C22H39N/c1-5-10-19-15-16-23-17-22(18(19)4,21-13-8-9-14-21)20(11-6-2)12-7-3/h5,10,20-21,23H,6-9,11-17H2,1-4H3/b10-5-. The van der Waals surface area contributed by atoms with Crippen molar-refractivity contribution in [1.29, 1.82) is 0 Å². The molecule has 1 saturated carbocycles. The third-order valence-electron chi connectivity index (χ3n) is 6.62. The predicted molar refractivity (Wildman–Crippen MR) is 103 cm³/mol. The lowest BCUT2D eigenvalue weighted by Gasteiger charge is -2.47. The van der Waals surface area contributed by atoms with E-state index in [1.807, 2.05) is 0 Å². The van der Waals surface area contributed by atoms with E-state index >= 15 is 0 Å². The lowest BCUT2D eigenvalue weighted by Crippen LogP contribution is -2.46. The normalized spacial score (nSPS) is 27.3. The molecule has 1 heteroatoms. The first-order chi connectivity index (χ1) is 11.2. The molecule has 0 aromatic rings.